The van der Waals surface area contributed by atoms with Crippen molar-refractivity contribution in [2.24, 2.45) is 0 Å². The number of aromatic carboxylic acids is 1. The highest BCUT2D eigenvalue weighted by atomic mass is 35.5. The topological polar surface area (TPSA) is 113 Å². The van der Waals surface area contributed by atoms with E-state index in [0.717, 1.165) is 0 Å². The molecule has 0 saturated carbocycles. The fraction of sp³-hybridized carbons (Fsp3) is 0.0455. The number of nitrogens with zero attached hydrogens (tertiary/aromatic N) is 1. The maximum atomic E-state index is 12.4. The number of carboxylic acid groups (broad SMARTS) is 1. The Hall–Kier alpha value is -4.02. The molecular weight excluding hydrogens is 408 g/mol. The monoisotopic (exact) mass is 422 g/mol. The van der Waals surface area contributed by atoms with E-state index in [4.69, 9.17) is 25.9 Å². The van der Waals surface area contributed by atoms with Crippen molar-refractivity contribution in [3.05, 3.63) is 76.5 Å². The van der Waals surface area contributed by atoms with E-state index in [0.29, 0.717) is 27.8 Å². The van der Waals surface area contributed by atoms with Crippen LogP contribution in [0, 0.1) is 11.3 Å². The number of hydrogen-bond donors (Lipinski definition) is 2. The largest absolute Gasteiger partial charge is 0.497 e. The van der Waals surface area contributed by atoms with Crippen LogP contribution < -0.4 is 10.1 Å². The summed E-state index contributed by atoms with van der Waals surface area (Å²) in [5.41, 5.74) is 0.772. The first-order valence-corrected chi connectivity index (χ1v) is 8.99. The molecule has 8 heteroatoms. The maximum Gasteiger partial charge on any atom is 0.335 e. The molecule has 3 aromatic rings. The van der Waals surface area contributed by atoms with Gasteiger partial charge in [0, 0.05) is 17.3 Å². The average molecular weight is 423 g/mol. The lowest BCUT2D eigenvalue weighted by atomic mass is 10.1. The third-order valence-electron chi connectivity index (χ3n) is 4.11. The average Bonchev–Trinajstić information content (AvgIpc) is 3.21. The zero-order valence-electron chi connectivity index (χ0n) is 15.7. The quantitative estimate of drug-likeness (QED) is 0.433. The molecule has 0 radical (unpaired) electrons. The van der Waals surface area contributed by atoms with Gasteiger partial charge < -0.3 is 19.6 Å². The van der Waals surface area contributed by atoms with Gasteiger partial charge >= 0.3 is 5.97 Å². The molecule has 0 atom stereocenters. The number of nitriles is 1. The normalized spacial score (nSPS) is 10.9. The van der Waals surface area contributed by atoms with Crippen LogP contribution in [0.2, 0.25) is 5.02 Å². The predicted molar refractivity (Wildman–Crippen MR) is 111 cm³/mol. The molecule has 2 N–H and O–H groups in total. The summed E-state index contributed by atoms with van der Waals surface area (Å²) in [6, 6.07) is 15.9. The van der Waals surface area contributed by atoms with E-state index in [1.54, 1.807) is 36.4 Å². The van der Waals surface area contributed by atoms with Gasteiger partial charge in [0.2, 0.25) is 0 Å². The summed E-state index contributed by atoms with van der Waals surface area (Å²) in [6.45, 7) is 0. The first-order valence-electron chi connectivity index (χ1n) is 8.61. The van der Waals surface area contributed by atoms with Crippen molar-refractivity contribution < 1.29 is 23.8 Å². The summed E-state index contributed by atoms with van der Waals surface area (Å²) < 4.78 is 10.7. The van der Waals surface area contributed by atoms with Crippen molar-refractivity contribution in [2.45, 2.75) is 0 Å². The molecule has 0 aliphatic carbocycles. The number of carbonyl (C=O) groups is 2. The molecule has 1 amide bonds. The highest BCUT2D eigenvalue weighted by Gasteiger charge is 2.14. The van der Waals surface area contributed by atoms with Crippen molar-refractivity contribution in [2.75, 3.05) is 12.4 Å². The number of amides is 1. The molecule has 0 bridgehead atoms. The van der Waals surface area contributed by atoms with Crippen LogP contribution in [-0.2, 0) is 4.79 Å². The van der Waals surface area contributed by atoms with Crippen molar-refractivity contribution in [3.63, 3.8) is 0 Å². The Balaban J connectivity index is 1.83. The van der Waals surface area contributed by atoms with Crippen LogP contribution in [-0.4, -0.2) is 24.1 Å². The van der Waals surface area contributed by atoms with Crippen LogP contribution in [0.4, 0.5) is 5.69 Å². The van der Waals surface area contributed by atoms with Crippen molar-refractivity contribution in [1.29, 1.82) is 5.26 Å². The van der Waals surface area contributed by atoms with E-state index >= 15 is 0 Å². The summed E-state index contributed by atoms with van der Waals surface area (Å²) >= 11 is 6.15. The zero-order valence-corrected chi connectivity index (χ0v) is 16.4. The lowest BCUT2D eigenvalue weighted by Crippen LogP contribution is -2.13. The molecule has 0 spiro atoms. The van der Waals surface area contributed by atoms with Crippen LogP contribution in [0.1, 0.15) is 16.1 Å². The summed E-state index contributed by atoms with van der Waals surface area (Å²) in [4.78, 5) is 23.6. The molecule has 0 fully saturated rings. The molecule has 30 heavy (non-hydrogen) atoms. The first-order chi connectivity index (χ1) is 14.4. The minimum absolute atomic E-state index is 0.0551. The van der Waals surface area contributed by atoms with Gasteiger partial charge in [-0.3, -0.25) is 4.79 Å². The molecule has 3 rings (SSSR count). The lowest BCUT2D eigenvalue weighted by Gasteiger charge is -2.05. The number of nitrogens with one attached hydrogen (secondary N) is 1. The van der Waals surface area contributed by atoms with Crippen molar-refractivity contribution in [1.82, 2.24) is 0 Å². The second kappa shape index (κ2) is 8.99. The van der Waals surface area contributed by atoms with Gasteiger partial charge in [-0.15, -0.1) is 0 Å². The van der Waals surface area contributed by atoms with E-state index in [9.17, 15) is 14.9 Å². The van der Waals surface area contributed by atoms with Crippen molar-refractivity contribution in [3.8, 4) is 23.1 Å². The van der Waals surface area contributed by atoms with E-state index in [1.165, 1.54) is 31.4 Å². The number of ether oxygens (including phenoxy) is 1. The number of carboxylic acids is 1. The maximum absolute atomic E-state index is 12.4. The molecule has 1 aromatic heterocycles. The Kier molecular flexibility index (Phi) is 6.20. The highest BCUT2D eigenvalue weighted by Crippen LogP contribution is 2.31. The molecule has 0 saturated heterocycles. The van der Waals surface area contributed by atoms with Crippen LogP contribution >= 0.6 is 11.6 Å². The number of anilines is 1. The molecule has 7 nitrogen and oxygen atoms in total. The smallest absolute Gasteiger partial charge is 0.335 e. The van der Waals surface area contributed by atoms with Gasteiger partial charge in [-0.25, -0.2) is 4.79 Å². The van der Waals surface area contributed by atoms with Crippen molar-refractivity contribution >= 4 is 35.2 Å². The summed E-state index contributed by atoms with van der Waals surface area (Å²) in [5.74, 6) is -0.517. The minimum atomic E-state index is -1.10. The SMILES string of the molecule is COc1ccc(NC(=O)/C(C#N)=C\c2ccc(-c3cc(C(=O)O)ccc3Cl)o2)cc1. The standard InChI is InChI=1S/C22H15ClN2O5/c1-29-16-5-3-15(4-6-16)25-21(26)14(12-24)10-17-7-9-20(30-17)18-11-13(22(27)28)2-8-19(18)23/h2-11H,1H3,(H,25,26)(H,27,28)/b14-10-. The molecule has 0 unspecified atom stereocenters. The van der Waals surface area contributed by atoms with Crippen LogP contribution in [0.3, 0.4) is 0 Å². The molecule has 150 valence electrons. The lowest BCUT2D eigenvalue weighted by molar-refractivity contribution is -0.112. The number of benzene rings is 2. The third kappa shape index (κ3) is 4.69. The summed E-state index contributed by atoms with van der Waals surface area (Å²) in [5, 5.41) is 21.4. The molecule has 2 aromatic carbocycles. The van der Waals surface area contributed by atoms with Gasteiger partial charge in [0.1, 0.15) is 28.9 Å². The number of methoxy groups -OCH3 is 1. The minimum Gasteiger partial charge on any atom is -0.497 e. The van der Waals surface area contributed by atoms with E-state index in [-0.39, 0.29) is 16.9 Å². The predicted octanol–water partition coefficient (Wildman–Crippen LogP) is 4.85. The van der Waals surface area contributed by atoms with Gasteiger partial charge in [-0.1, -0.05) is 11.6 Å². The van der Waals surface area contributed by atoms with Crippen LogP contribution in [0.25, 0.3) is 17.4 Å². The zero-order chi connectivity index (χ0) is 21.7. The Morgan fingerprint density at radius 1 is 1.17 bits per heavy atom. The van der Waals surface area contributed by atoms with E-state index in [1.807, 2.05) is 6.07 Å². The second-order valence-corrected chi connectivity index (χ2v) is 6.46. The van der Waals surface area contributed by atoms with Gasteiger partial charge in [0.05, 0.1) is 17.7 Å². The van der Waals surface area contributed by atoms with Gasteiger partial charge in [0.15, 0.2) is 0 Å². The highest BCUT2D eigenvalue weighted by molar-refractivity contribution is 6.33. The number of halogens is 1. The van der Waals surface area contributed by atoms with Gasteiger partial charge in [-0.2, -0.15) is 5.26 Å². The molecule has 1 heterocycles. The van der Waals surface area contributed by atoms with E-state index < -0.39 is 11.9 Å². The summed E-state index contributed by atoms with van der Waals surface area (Å²) in [6.07, 6.45) is 1.29. The summed E-state index contributed by atoms with van der Waals surface area (Å²) in [7, 11) is 1.53. The Morgan fingerprint density at radius 2 is 1.90 bits per heavy atom. The van der Waals surface area contributed by atoms with Crippen LogP contribution in [0.5, 0.6) is 5.75 Å². The third-order valence-corrected chi connectivity index (χ3v) is 4.43. The number of furan rings is 1. The fourth-order valence-electron chi connectivity index (χ4n) is 2.59. The van der Waals surface area contributed by atoms with E-state index in [2.05, 4.69) is 5.32 Å². The number of hydrogen-bond acceptors (Lipinski definition) is 5. The Morgan fingerprint density at radius 3 is 2.53 bits per heavy atom. The Labute approximate surface area is 176 Å². The number of carbonyl (C=O) groups excluding carboxylic acids is 1. The fourth-order valence-corrected chi connectivity index (χ4v) is 2.80. The van der Waals surface area contributed by atoms with Gasteiger partial charge in [0.25, 0.3) is 5.91 Å². The Bertz CT molecular complexity index is 1170. The first kappa shape index (κ1) is 20.7. The second-order valence-electron chi connectivity index (χ2n) is 6.05. The molecule has 0 aliphatic rings. The van der Waals surface area contributed by atoms with Crippen LogP contribution in [0.15, 0.2) is 64.6 Å². The molecule has 0 aliphatic heterocycles. The molecular formula is C22H15ClN2O5. The number of rotatable bonds is 6. The van der Waals surface area contributed by atoms with Gasteiger partial charge in [-0.05, 0) is 54.6 Å².